The molecule has 0 unspecified atom stereocenters. The Labute approximate surface area is 209 Å². The van der Waals surface area contributed by atoms with Crippen molar-refractivity contribution < 1.29 is 32.2 Å². The summed E-state index contributed by atoms with van der Waals surface area (Å²) in [7, 11) is 0. The first-order valence-corrected chi connectivity index (χ1v) is 11.2. The Kier molecular flexibility index (Phi) is 7.84. The van der Waals surface area contributed by atoms with Crippen molar-refractivity contribution in [3.05, 3.63) is 60.4 Å². The van der Waals surface area contributed by atoms with Gasteiger partial charge in [-0.1, -0.05) is 12.1 Å². The molecule has 1 saturated heterocycles. The molecule has 37 heavy (non-hydrogen) atoms. The third kappa shape index (κ3) is 7.38. The summed E-state index contributed by atoms with van der Waals surface area (Å²) in [6.07, 6.45) is -1.85. The zero-order valence-electron chi connectivity index (χ0n) is 19.4. The molecule has 10 nitrogen and oxygen atoms in total. The Bertz CT molecular complexity index is 1250. The van der Waals surface area contributed by atoms with Crippen molar-refractivity contribution >= 4 is 29.1 Å². The van der Waals surface area contributed by atoms with Gasteiger partial charge >= 0.3 is 6.36 Å². The van der Waals surface area contributed by atoms with E-state index >= 15 is 0 Å². The fourth-order valence-corrected chi connectivity index (χ4v) is 3.57. The Morgan fingerprint density at radius 1 is 1.00 bits per heavy atom. The summed E-state index contributed by atoms with van der Waals surface area (Å²) >= 11 is 0. The molecule has 4 N–H and O–H groups in total. The first-order chi connectivity index (χ1) is 17.7. The van der Waals surface area contributed by atoms with Crippen molar-refractivity contribution in [3.8, 4) is 16.9 Å². The number of halogens is 3. The third-order valence-electron chi connectivity index (χ3n) is 5.36. The molecule has 0 radical (unpaired) electrons. The van der Waals surface area contributed by atoms with E-state index in [1.165, 1.54) is 6.07 Å². The van der Waals surface area contributed by atoms with Gasteiger partial charge in [0.25, 0.3) is 5.91 Å². The monoisotopic (exact) mass is 516 g/mol. The molecule has 2 aromatic carbocycles. The van der Waals surface area contributed by atoms with Crippen LogP contribution in [0.4, 0.5) is 30.5 Å². The lowest BCUT2D eigenvalue weighted by molar-refractivity contribution is -0.274. The summed E-state index contributed by atoms with van der Waals surface area (Å²) in [5, 5.41) is 5.09. The van der Waals surface area contributed by atoms with E-state index < -0.39 is 23.9 Å². The number of alkyl halides is 3. The normalized spacial score (nSPS) is 14.1. The van der Waals surface area contributed by atoms with Crippen LogP contribution in [0.3, 0.4) is 0 Å². The molecule has 1 aromatic heterocycles. The predicted molar refractivity (Wildman–Crippen MR) is 129 cm³/mol. The van der Waals surface area contributed by atoms with Crippen LogP contribution in [0.2, 0.25) is 0 Å². The number of hydrogen-bond donors (Lipinski definition) is 3. The molecule has 0 atom stereocenters. The SMILES string of the molecule is Nc1ncc(-c2ccc(NC(=O)c3ccc(OC(F)(F)F)c(NC(=O)CN4CCOCC4)c3)cc2)cn1. The highest BCUT2D eigenvalue weighted by Gasteiger charge is 2.32. The van der Waals surface area contributed by atoms with Crippen LogP contribution in [0.25, 0.3) is 11.1 Å². The largest absolute Gasteiger partial charge is 0.573 e. The molecule has 2 heterocycles. The van der Waals surface area contributed by atoms with Gasteiger partial charge in [-0.2, -0.15) is 0 Å². The van der Waals surface area contributed by atoms with Crippen molar-refractivity contribution in [2.75, 3.05) is 49.2 Å². The number of nitrogens with one attached hydrogen (secondary N) is 2. The van der Waals surface area contributed by atoms with Gasteiger partial charge in [0.2, 0.25) is 11.9 Å². The van der Waals surface area contributed by atoms with Crippen molar-refractivity contribution in [3.63, 3.8) is 0 Å². The average molecular weight is 516 g/mol. The second-order valence-electron chi connectivity index (χ2n) is 8.06. The van der Waals surface area contributed by atoms with E-state index in [4.69, 9.17) is 10.5 Å². The number of ether oxygens (including phenoxy) is 2. The van der Waals surface area contributed by atoms with Gasteiger partial charge in [0.15, 0.2) is 5.75 Å². The molecule has 1 aliphatic heterocycles. The van der Waals surface area contributed by atoms with Crippen LogP contribution in [-0.4, -0.2) is 65.9 Å². The number of benzene rings is 2. The topological polar surface area (TPSA) is 132 Å². The van der Waals surface area contributed by atoms with Crippen LogP contribution < -0.4 is 21.1 Å². The third-order valence-corrected chi connectivity index (χ3v) is 5.36. The molecule has 3 aromatic rings. The predicted octanol–water partition coefficient (Wildman–Crippen LogP) is 3.15. The van der Waals surface area contributed by atoms with E-state index in [2.05, 4.69) is 25.3 Å². The molecular weight excluding hydrogens is 493 g/mol. The van der Waals surface area contributed by atoms with E-state index in [1.54, 1.807) is 41.6 Å². The number of carbonyl (C=O) groups excluding carboxylic acids is 2. The van der Waals surface area contributed by atoms with Crippen LogP contribution in [0, 0.1) is 0 Å². The molecule has 1 fully saturated rings. The van der Waals surface area contributed by atoms with Crippen molar-refractivity contribution in [2.45, 2.75) is 6.36 Å². The van der Waals surface area contributed by atoms with E-state index in [0.717, 1.165) is 23.3 Å². The maximum atomic E-state index is 12.9. The summed E-state index contributed by atoms with van der Waals surface area (Å²) in [6.45, 7) is 1.91. The molecule has 13 heteroatoms. The summed E-state index contributed by atoms with van der Waals surface area (Å²) in [5.41, 5.74) is 7.20. The van der Waals surface area contributed by atoms with E-state index in [0.29, 0.717) is 32.0 Å². The molecule has 194 valence electrons. The van der Waals surface area contributed by atoms with Gasteiger partial charge in [-0.25, -0.2) is 9.97 Å². The fourth-order valence-electron chi connectivity index (χ4n) is 3.57. The van der Waals surface area contributed by atoms with Crippen LogP contribution in [-0.2, 0) is 9.53 Å². The summed E-state index contributed by atoms with van der Waals surface area (Å²) in [6, 6.07) is 10.1. The number of nitrogens with zero attached hydrogens (tertiary/aromatic N) is 3. The second-order valence-corrected chi connectivity index (χ2v) is 8.06. The van der Waals surface area contributed by atoms with E-state index in [-0.39, 0.29) is 23.7 Å². The minimum absolute atomic E-state index is 0.0206. The lowest BCUT2D eigenvalue weighted by Crippen LogP contribution is -2.41. The van der Waals surface area contributed by atoms with Gasteiger partial charge in [-0.15, -0.1) is 13.2 Å². The average Bonchev–Trinajstić information content (AvgIpc) is 2.86. The highest BCUT2D eigenvalue weighted by Crippen LogP contribution is 2.32. The Morgan fingerprint density at radius 3 is 2.32 bits per heavy atom. The van der Waals surface area contributed by atoms with Gasteiger partial charge < -0.3 is 25.8 Å². The van der Waals surface area contributed by atoms with Gasteiger partial charge in [-0.05, 0) is 35.9 Å². The zero-order chi connectivity index (χ0) is 26.4. The van der Waals surface area contributed by atoms with Crippen LogP contribution >= 0.6 is 0 Å². The maximum absolute atomic E-state index is 12.9. The lowest BCUT2D eigenvalue weighted by atomic mass is 10.1. The van der Waals surface area contributed by atoms with Gasteiger partial charge in [-0.3, -0.25) is 14.5 Å². The van der Waals surface area contributed by atoms with Crippen LogP contribution in [0.1, 0.15) is 10.4 Å². The second kappa shape index (κ2) is 11.2. The number of nitrogens with two attached hydrogens (primary N) is 1. The molecule has 0 aliphatic carbocycles. The van der Waals surface area contributed by atoms with E-state index in [1.807, 2.05) is 0 Å². The van der Waals surface area contributed by atoms with Crippen molar-refractivity contribution in [1.82, 2.24) is 14.9 Å². The number of hydrogen-bond acceptors (Lipinski definition) is 8. The number of aromatic nitrogens is 2. The number of morpholine rings is 1. The smallest absolute Gasteiger partial charge is 0.404 e. The Morgan fingerprint density at radius 2 is 1.68 bits per heavy atom. The van der Waals surface area contributed by atoms with Crippen LogP contribution in [0.5, 0.6) is 5.75 Å². The van der Waals surface area contributed by atoms with Crippen molar-refractivity contribution in [1.29, 1.82) is 0 Å². The molecule has 4 rings (SSSR count). The van der Waals surface area contributed by atoms with E-state index in [9.17, 15) is 22.8 Å². The first kappa shape index (κ1) is 25.9. The van der Waals surface area contributed by atoms with Crippen LogP contribution in [0.15, 0.2) is 54.9 Å². The van der Waals surface area contributed by atoms with Gasteiger partial charge in [0.1, 0.15) is 0 Å². The standard InChI is InChI=1S/C24H23F3N6O4/c25-24(26,27)37-20-6-3-16(11-19(20)32-21(34)14-33-7-9-36-10-8-33)22(35)31-18-4-1-15(2-5-18)17-12-29-23(28)30-13-17/h1-6,11-13H,7-10,14H2,(H,31,35)(H,32,34)(H2,28,29,30). The minimum Gasteiger partial charge on any atom is -0.404 e. The molecule has 1 aliphatic rings. The summed E-state index contributed by atoms with van der Waals surface area (Å²) in [5.74, 6) is -1.62. The molecule has 0 saturated carbocycles. The number of rotatable bonds is 7. The number of carbonyl (C=O) groups is 2. The lowest BCUT2D eigenvalue weighted by Gasteiger charge is -2.26. The Balaban J connectivity index is 1.48. The summed E-state index contributed by atoms with van der Waals surface area (Å²) in [4.78, 5) is 35.0. The highest BCUT2D eigenvalue weighted by atomic mass is 19.4. The minimum atomic E-state index is -4.98. The van der Waals surface area contributed by atoms with Crippen molar-refractivity contribution in [2.24, 2.45) is 0 Å². The van der Waals surface area contributed by atoms with Gasteiger partial charge in [0.05, 0.1) is 25.4 Å². The zero-order valence-corrected chi connectivity index (χ0v) is 19.4. The number of anilines is 3. The van der Waals surface area contributed by atoms with Gasteiger partial charge in [0, 0.05) is 42.3 Å². The molecule has 2 amide bonds. The first-order valence-electron chi connectivity index (χ1n) is 11.2. The number of amides is 2. The highest BCUT2D eigenvalue weighted by molar-refractivity contribution is 6.06. The summed E-state index contributed by atoms with van der Waals surface area (Å²) < 4.78 is 48.0. The Hall–Kier alpha value is -4.23. The quantitative estimate of drug-likeness (QED) is 0.437. The molecule has 0 bridgehead atoms. The molecular formula is C24H23F3N6O4. The number of nitrogen functional groups attached to an aromatic ring is 1. The molecule has 0 spiro atoms. The fraction of sp³-hybridized carbons (Fsp3) is 0.250. The maximum Gasteiger partial charge on any atom is 0.573 e.